The van der Waals surface area contributed by atoms with Crippen LogP contribution in [0.3, 0.4) is 0 Å². The molecule has 0 amide bonds. The molecule has 1 N–H and O–H groups in total. The SMILES string of the molecule is COC(=O)Cc1cccc(S(=O)(=O)Nc2cn(C)nc2C(F)F)c1. The number of aromatic nitrogens is 2. The smallest absolute Gasteiger partial charge is 0.309 e. The van der Waals surface area contributed by atoms with Gasteiger partial charge in [-0.05, 0) is 17.7 Å². The van der Waals surface area contributed by atoms with Crippen molar-refractivity contribution in [3.8, 4) is 0 Å². The number of hydrogen-bond acceptors (Lipinski definition) is 5. The maximum Gasteiger partial charge on any atom is 0.309 e. The summed E-state index contributed by atoms with van der Waals surface area (Å²) in [5, 5.41) is 3.53. The number of carbonyl (C=O) groups is 1. The Morgan fingerprint density at radius 2 is 2.12 bits per heavy atom. The molecule has 0 bridgehead atoms. The highest BCUT2D eigenvalue weighted by Crippen LogP contribution is 2.27. The summed E-state index contributed by atoms with van der Waals surface area (Å²) in [5.74, 6) is -0.523. The summed E-state index contributed by atoms with van der Waals surface area (Å²) in [6.07, 6.45) is -1.87. The summed E-state index contributed by atoms with van der Waals surface area (Å²) < 4.78 is 58.3. The average Bonchev–Trinajstić information content (AvgIpc) is 2.87. The van der Waals surface area contributed by atoms with Crippen LogP contribution in [0, 0.1) is 0 Å². The maximum atomic E-state index is 12.9. The second-order valence-corrected chi connectivity index (χ2v) is 6.59. The highest BCUT2D eigenvalue weighted by Gasteiger charge is 2.23. The largest absolute Gasteiger partial charge is 0.469 e. The van der Waals surface area contributed by atoms with Gasteiger partial charge < -0.3 is 4.74 Å². The number of carbonyl (C=O) groups excluding carboxylic acids is 1. The van der Waals surface area contributed by atoms with E-state index < -0.39 is 28.1 Å². The molecule has 10 heteroatoms. The van der Waals surface area contributed by atoms with Crippen LogP contribution in [0.5, 0.6) is 0 Å². The van der Waals surface area contributed by atoms with E-state index in [1.54, 1.807) is 6.07 Å². The predicted octanol–water partition coefficient (Wildman–Crippen LogP) is 1.87. The summed E-state index contributed by atoms with van der Waals surface area (Å²) in [4.78, 5) is 11.1. The van der Waals surface area contributed by atoms with E-state index in [2.05, 4.69) is 14.6 Å². The van der Waals surface area contributed by atoms with Crippen molar-refractivity contribution in [3.05, 3.63) is 41.7 Å². The molecule has 2 aromatic rings. The third kappa shape index (κ3) is 4.07. The molecule has 0 spiro atoms. The topological polar surface area (TPSA) is 90.3 Å². The van der Waals surface area contributed by atoms with Gasteiger partial charge in [0.05, 0.1) is 24.1 Å². The lowest BCUT2D eigenvalue weighted by molar-refractivity contribution is -0.139. The van der Waals surface area contributed by atoms with E-state index >= 15 is 0 Å². The summed E-state index contributed by atoms with van der Waals surface area (Å²) in [7, 11) is -1.49. The molecule has 0 atom stereocenters. The maximum absolute atomic E-state index is 12.9. The van der Waals surface area contributed by atoms with E-state index in [1.165, 1.54) is 32.4 Å². The van der Waals surface area contributed by atoms with Crippen LogP contribution in [0.1, 0.15) is 17.7 Å². The van der Waals surface area contributed by atoms with Gasteiger partial charge in [0.25, 0.3) is 16.4 Å². The number of aryl methyl sites for hydroxylation is 1. The lowest BCUT2D eigenvalue weighted by atomic mass is 10.1. The quantitative estimate of drug-likeness (QED) is 0.795. The average molecular weight is 359 g/mol. The number of ether oxygens (including phenoxy) is 1. The fourth-order valence-electron chi connectivity index (χ4n) is 2.01. The molecule has 1 aromatic carbocycles. The van der Waals surface area contributed by atoms with Gasteiger partial charge in [-0.1, -0.05) is 12.1 Å². The number of halogens is 2. The normalized spacial score (nSPS) is 11.5. The number of hydrogen-bond donors (Lipinski definition) is 1. The van der Waals surface area contributed by atoms with Crippen molar-refractivity contribution in [2.45, 2.75) is 17.7 Å². The molecule has 24 heavy (non-hydrogen) atoms. The van der Waals surface area contributed by atoms with Crippen LogP contribution in [0.4, 0.5) is 14.5 Å². The van der Waals surface area contributed by atoms with E-state index in [1.807, 2.05) is 0 Å². The lowest BCUT2D eigenvalue weighted by Crippen LogP contribution is -2.14. The molecule has 0 saturated heterocycles. The van der Waals surface area contributed by atoms with Gasteiger partial charge in [-0.15, -0.1) is 0 Å². The van der Waals surface area contributed by atoms with Crippen LogP contribution in [0.15, 0.2) is 35.4 Å². The van der Waals surface area contributed by atoms with Crippen molar-refractivity contribution in [3.63, 3.8) is 0 Å². The number of alkyl halides is 2. The Kier molecular flexibility index (Phi) is 5.17. The van der Waals surface area contributed by atoms with Crippen LogP contribution in [0.2, 0.25) is 0 Å². The van der Waals surface area contributed by atoms with Gasteiger partial charge in [0.15, 0.2) is 5.69 Å². The second-order valence-electron chi connectivity index (χ2n) is 4.91. The van der Waals surface area contributed by atoms with Crippen molar-refractivity contribution >= 4 is 21.7 Å². The van der Waals surface area contributed by atoms with E-state index in [9.17, 15) is 22.0 Å². The third-order valence-corrected chi connectivity index (χ3v) is 4.46. The van der Waals surface area contributed by atoms with Gasteiger partial charge in [0.1, 0.15) is 0 Å². The van der Waals surface area contributed by atoms with E-state index in [0.717, 1.165) is 10.9 Å². The first kappa shape index (κ1) is 17.9. The van der Waals surface area contributed by atoms with Crippen molar-refractivity contribution in [2.75, 3.05) is 11.8 Å². The molecule has 1 aromatic heterocycles. The Bertz CT molecular complexity index is 849. The fraction of sp³-hybridized carbons (Fsp3) is 0.286. The van der Waals surface area contributed by atoms with Crippen LogP contribution in [-0.2, 0) is 33.0 Å². The molecular formula is C14H15F2N3O4S. The highest BCUT2D eigenvalue weighted by molar-refractivity contribution is 7.92. The van der Waals surface area contributed by atoms with E-state index in [4.69, 9.17) is 0 Å². The lowest BCUT2D eigenvalue weighted by Gasteiger charge is -2.09. The van der Waals surface area contributed by atoms with Crippen molar-refractivity contribution in [1.29, 1.82) is 0 Å². The Hall–Kier alpha value is -2.49. The molecule has 0 fully saturated rings. The van der Waals surface area contributed by atoms with Crippen LogP contribution in [0.25, 0.3) is 0 Å². The minimum absolute atomic E-state index is 0.102. The Labute approximate surface area is 137 Å². The highest BCUT2D eigenvalue weighted by atomic mass is 32.2. The van der Waals surface area contributed by atoms with Crippen molar-refractivity contribution in [1.82, 2.24) is 9.78 Å². The van der Waals surface area contributed by atoms with Gasteiger partial charge in [-0.2, -0.15) is 5.10 Å². The first-order valence-corrected chi connectivity index (χ1v) is 8.21. The zero-order valence-electron chi connectivity index (χ0n) is 12.9. The number of sulfonamides is 1. The summed E-state index contributed by atoms with van der Waals surface area (Å²) in [5.41, 5.74) is -0.539. The van der Waals surface area contributed by atoms with Gasteiger partial charge in [0, 0.05) is 13.2 Å². The number of nitrogens with zero attached hydrogens (tertiary/aromatic N) is 2. The fourth-order valence-corrected chi connectivity index (χ4v) is 3.14. The minimum atomic E-state index is -4.11. The minimum Gasteiger partial charge on any atom is -0.469 e. The molecule has 0 radical (unpaired) electrons. The van der Waals surface area contributed by atoms with Gasteiger partial charge in [-0.3, -0.25) is 14.2 Å². The standard InChI is InChI=1S/C14H15F2N3O4S/c1-19-8-11(13(17-19)14(15)16)18-24(21,22)10-5-3-4-9(6-10)7-12(20)23-2/h3-6,8,14,18H,7H2,1-2H3. The third-order valence-electron chi connectivity index (χ3n) is 3.09. The molecular weight excluding hydrogens is 344 g/mol. The van der Waals surface area contributed by atoms with Crippen molar-refractivity contribution in [2.24, 2.45) is 7.05 Å². The molecule has 0 aliphatic heterocycles. The Morgan fingerprint density at radius 1 is 1.42 bits per heavy atom. The predicted molar refractivity (Wildman–Crippen MR) is 81.1 cm³/mol. The summed E-state index contributed by atoms with van der Waals surface area (Å²) in [6.45, 7) is 0. The zero-order valence-corrected chi connectivity index (χ0v) is 13.7. The number of rotatable bonds is 6. The monoisotopic (exact) mass is 359 g/mol. The number of anilines is 1. The second kappa shape index (κ2) is 6.95. The molecule has 0 unspecified atom stereocenters. The van der Waals surface area contributed by atoms with Gasteiger partial charge >= 0.3 is 5.97 Å². The number of nitrogens with one attached hydrogen (secondary N) is 1. The van der Waals surface area contributed by atoms with Gasteiger partial charge in [-0.25, -0.2) is 17.2 Å². The molecule has 0 aliphatic rings. The number of benzene rings is 1. The van der Waals surface area contributed by atoms with Crippen LogP contribution in [-0.4, -0.2) is 31.3 Å². The van der Waals surface area contributed by atoms with Gasteiger partial charge in [0.2, 0.25) is 0 Å². The first-order valence-electron chi connectivity index (χ1n) is 6.73. The van der Waals surface area contributed by atoms with E-state index in [-0.39, 0.29) is 17.0 Å². The van der Waals surface area contributed by atoms with Crippen LogP contribution >= 0.6 is 0 Å². The summed E-state index contributed by atoms with van der Waals surface area (Å²) >= 11 is 0. The first-order chi connectivity index (χ1) is 11.2. The number of esters is 1. The van der Waals surface area contributed by atoms with Crippen molar-refractivity contribution < 1.29 is 26.7 Å². The summed E-state index contributed by atoms with van der Waals surface area (Å²) in [6, 6.07) is 5.58. The van der Waals surface area contributed by atoms with Crippen LogP contribution < -0.4 is 4.72 Å². The Balaban J connectivity index is 2.31. The molecule has 0 saturated carbocycles. The molecule has 7 nitrogen and oxygen atoms in total. The molecule has 2 rings (SSSR count). The Morgan fingerprint density at radius 3 is 2.75 bits per heavy atom. The zero-order chi connectivity index (χ0) is 17.9. The number of methoxy groups -OCH3 is 1. The molecule has 1 heterocycles. The molecule has 130 valence electrons. The molecule has 0 aliphatic carbocycles. The van der Waals surface area contributed by atoms with E-state index in [0.29, 0.717) is 5.56 Å².